The minimum atomic E-state index is -0.897. The summed E-state index contributed by atoms with van der Waals surface area (Å²) in [7, 11) is 0. The molecule has 0 unspecified atom stereocenters. The fourth-order valence-electron chi connectivity index (χ4n) is 6.71. The molecule has 12 heteroatoms. The van der Waals surface area contributed by atoms with Crippen LogP contribution in [-0.2, 0) is 55.5 Å². The van der Waals surface area contributed by atoms with Gasteiger partial charge < -0.3 is 30.8 Å². The summed E-state index contributed by atoms with van der Waals surface area (Å²) in [5.41, 5.74) is 7.89. The average molecular weight is 653 g/mol. The van der Waals surface area contributed by atoms with Crippen LogP contribution in [0, 0.1) is 25.7 Å². The summed E-state index contributed by atoms with van der Waals surface area (Å²) in [5.74, 6) is 0.347. The maximum atomic E-state index is 12.7. The molecule has 5 atom stereocenters. The molecule has 0 aliphatic carbocycles. The van der Waals surface area contributed by atoms with Gasteiger partial charge in [-0.3, -0.25) is 19.2 Å². The van der Waals surface area contributed by atoms with Crippen molar-refractivity contribution in [3.8, 4) is 0 Å². The van der Waals surface area contributed by atoms with Gasteiger partial charge in [-0.05, 0) is 103 Å². The average Bonchev–Trinajstić information content (AvgIpc) is 3.89. The molecule has 0 saturated carbocycles. The second-order valence-corrected chi connectivity index (χ2v) is 15.2. The molecular weight excluding hydrogens is 613 g/mol. The summed E-state index contributed by atoms with van der Waals surface area (Å²) in [5, 5.41) is 27.5. The van der Waals surface area contributed by atoms with E-state index >= 15 is 0 Å². The molecule has 2 aromatic heterocycles. The molecule has 0 bridgehead atoms. The quantitative estimate of drug-likeness (QED) is 0.118. The van der Waals surface area contributed by atoms with E-state index in [0.29, 0.717) is 23.3 Å². The molecule has 0 spiro atoms. The highest BCUT2D eigenvalue weighted by atomic mass is 32.2. The second-order valence-electron chi connectivity index (χ2n) is 12.5. The van der Waals surface area contributed by atoms with Crippen LogP contribution >= 0.6 is 0 Å². The Bertz CT molecular complexity index is 1790. The number of hydrogen-bond acceptors (Lipinski definition) is 4. The summed E-state index contributed by atoms with van der Waals surface area (Å²) in [6.45, 7) is 7.87. The van der Waals surface area contributed by atoms with E-state index in [1.165, 1.54) is 23.5 Å². The number of hydrogen-bond donors (Lipinski definition) is 6. The first-order valence-electron chi connectivity index (χ1n) is 15.4. The van der Waals surface area contributed by atoms with Crippen LogP contribution in [0.25, 0.3) is 18.2 Å². The maximum Gasteiger partial charge on any atom is 0.303 e. The molecule has 3 fully saturated rings. The van der Waals surface area contributed by atoms with Gasteiger partial charge in [0.15, 0.2) is 22.0 Å². The van der Waals surface area contributed by atoms with E-state index in [0.717, 1.165) is 72.7 Å². The van der Waals surface area contributed by atoms with Crippen molar-refractivity contribution < 1.29 is 29.4 Å². The highest BCUT2D eigenvalue weighted by Gasteiger charge is 2.52. The Morgan fingerprint density at radius 2 is 1.56 bits per heavy atom. The van der Waals surface area contributed by atoms with Crippen molar-refractivity contribution in [3.63, 3.8) is 0 Å². The van der Waals surface area contributed by atoms with Crippen molar-refractivity contribution in [2.24, 2.45) is 11.8 Å². The van der Waals surface area contributed by atoms with Gasteiger partial charge in [0.1, 0.15) is 0 Å². The largest absolute Gasteiger partial charge is 0.481 e. The van der Waals surface area contributed by atoms with E-state index in [-0.39, 0.29) is 42.5 Å². The summed E-state index contributed by atoms with van der Waals surface area (Å²) >= 11 is 2.64. The van der Waals surface area contributed by atoms with Crippen LogP contribution < -0.4 is 21.3 Å². The molecule has 238 valence electrons. The Balaban J connectivity index is 1.45. The van der Waals surface area contributed by atoms with E-state index in [2.05, 4.69) is 20.6 Å². The van der Waals surface area contributed by atoms with Crippen molar-refractivity contribution >= 4 is 65.5 Å². The summed E-state index contributed by atoms with van der Waals surface area (Å²) in [6, 6.07) is -0.249. The monoisotopic (exact) mass is 652 g/mol. The normalized spacial score (nSPS) is 27.5. The molecule has 4 aliphatic rings. The summed E-state index contributed by atoms with van der Waals surface area (Å²) in [6.07, 6.45) is 6.46. The standard InChI is InChI=1S/C33H38N4O6S2/c1-14-18(5-7-28(38)39)23(34-20(14)9-22-16(3)31(27-13-45-27)33(43)36-22)11-24-19(6-8-29(40)41)15(2)21(35-24)10-25-30(26-12-44-26)17(4)32(42)37-25/h9-11,17,22,26-27,30,34-35H,5-8,12-13H2,1-4H3,(H,36,43)(H,37,42)(H,38,39)(H,40,41)/p+2/b20-9+,23-11-,25-10-/t17-,22-,26+,27+,30-/m1/s1. The molecule has 2 aromatic rings. The van der Waals surface area contributed by atoms with Gasteiger partial charge in [-0.25, -0.2) is 0 Å². The Morgan fingerprint density at radius 1 is 0.889 bits per heavy atom. The number of carboxylic acids is 2. The van der Waals surface area contributed by atoms with Crippen molar-refractivity contribution in [1.29, 1.82) is 0 Å². The molecule has 6 rings (SSSR count). The highest BCUT2D eigenvalue weighted by molar-refractivity contribution is 7.87. The molecule has 2 amide bonds. The molecule has 3 saturated heterocycles. The molecule has 6 N–H and O–H groups in total. The summed E-state index contributed by atoms with van der Waals surface area (Å²) < 4.78 is 0. The van der Waals surface area contributed by atoms with E-state index in [4.69, 9.17) is 0 Å². The van der Waals surface area contributed by atoms with E-state index in [1.807, 2.05) is 45.9 Å². The minimum absolute atomic E-state index is 0.0197. The van der Waals surface area contributed by atoms with Gasteiger partial charge >= 0.3 is 11.9 Å². The van der Waals surface area contributed by atoms with E-state index < -0.39 is 11.9 Å². The molecule has 4 aliphatic heterocycles. The number of H-pyrrole nitrogens is 2. The van der Waals surface area contributed by atoms with Crippen LogP contribution in [0.2, 0.25) is 0 Å². The van der Waals surface area contributed by atoms with Gasteiger partial charge in [0.05, 0.1) is 17.5 Å². The first-order chi connectivity index (χ1) is 21.4. The van der Waals surface area contributed by atoms with Crippen LogP contribution in [0.3, 0.4) is 0 Å². The van der Waals surface area contributed by atoms with Crippen LogP contribution in [0.4, 0.5) is 0 Å². The Kier molecular flexibility index (Phi) is 8.55. The fraction of sp³-hybridized carbons (Fsp3) is 0.455. The first-order valence-corrected chi connectivity index (χ1v) is 17.7. The molecule has 0 radical (unpaired) electrons. The number of thiol groups is 2. The molecule has 45 heavy (non-hydrogen) atoms. The van der Waals surface area contributed by atoms with Crippen molar-refractivity contribution in [3.05, 3.63) is 61.2 Å². The number of carbonyl (C=O) groups excluding carboxylic acids is 2. The molecule has 0 aromatic carbocycles. The topological polar surface area (TPSA) is 164 Å². The van der Waals surface area contributed by atoms with Gasteiger partial charge in [-0.1, -0.05) is 6.92 Å². The predicted octanol–water partition coefficient (Wildman–Crippen LogP) is 0.535. The fourth-order valence-corrected chi connectivity index (χ4v) is 8.50. The third-order valence-electron chi connectivity index (χ3n) is 9.51. The number of carboxylic acid groups (broad SMARTS) is 2. The number of aromatic nitrogens is 2. The smallest absolute Gasteiger partial charge is 0.303 e. The van der Waals surface area contributed by atoms with Crippen molar-refractivity contribution in [2.75, 3.05) is 11.5 Å². The lowest BCUT2D eigenvalue weighted by Gasteiger charge is -2.08. The third kappa shape index (κ3) is 6.40. The predicted molar refractivity (Wildman–Crippen MR) is 178 cm³/mol. The SMILES string of the molecule is CC1=C([C@@H]2C[SH+]2)C(=O)N[C@@H]1/C=c1/[nH]/c(=C\c2[nH]c(/C=C3\NC(=O)[C@H](C)[C@H]3[C@@H]3C[SH+]3)c(C)c2CCC(=O)O)c(CCC(=O)O)c1C. The van der Waals surface area contributed by atoms with Gasteiger partial charge in [0, 0.05) is 46.5 Å². The maximum absolute atomic E-state index is 12.7. The Hall–Kier alpha value is -3.64. The van der Waals surface area contributed by atoms with Crippen LogP contribution in [0.1, 0.15) is 60.3 Å². The van der Waals surface area contributed by atoms with Gasteiger partial charge in [0.25, 0.3) is 5.91 Å². The van der Waals surface area contributed by atoms with Crippen molar-refractivity contribution in [2.45, 2.75) is 69.9 Å². The van der Waals surface area contributed by atoms with E-state index in [9.17, 15) is 29.4 Å². The number of rotatable bonds is 11. The molecule has 6 heterocycles. The van der Waals surface area contributed by atoms with Gasteiger partial charge in [-0.2, -0.15) is 0 Å². The number of amides is 2. The zero-order valence-corrected chi connectivity index (χ0v) is 27.6. The van der Waals surface area contributed by atoms with Gasteiger partial charge in [0.2, 0.25) is 5.91 Å². The lowest BCUT2D eigenvalue weighted by atomic mass is 9.91. The minimum Gasteiger partial charge on any atom is -0.481 e. The lowest BCUT2D eigenvalue weighted by Crippen LogP contribution is -2.29. The Morgan fingerprint density at radius 3 is 2.18 bits per heavy atom. The first kappa shape index (κ1) is 31.3. The zero-order valence-electron chi connectivity index (χ0n) is 25.8. The number of aliphatic carboxylic acids is 2. The third-order valence-corrected chi connectivity index (χ3v) is 11.6. The Labute approximate surface area is 269 Å². The second kappa shape index (κ2) is 12.3. The van der Waals surface area contributed by atoms with Crippen LogP contribution in [-0.4, -0.2) is 72.0 Å². The summed E-state index contributed by atoms with van der Waals surface area (Å²) in [4.78, 5) is 55.4. The number of nitrogens with one attached hydrogen (secondary N) is 4. The van der Waals surface area contributed by atoms with Crippen LogP contribution in [0.15, 0.2) is 16.8 Å². The van der Waals surface area contributed by atoms with E-state index in [1.54, 1.807) is 0 Å². The highest BCUT2D eigenvalue weighted by Crippen LogP contribution is 2.38. The number of carbonyl (C=O) groups is 4. The number of allylic oxidation sites excluding steroid dienone is 1. The van der Waals surface area contributed by atoms with Gasteiger partial charge in [-0.15, -0.1) is 0 Å². The lowest BCUT2D eigenvalue weighted by molar-refractivity contribution is -0.138. The van der Waals surface area contributed by atoms with Crippen molar-refractivity contribution in [1.82, 2.24) is 20.6 Å². The van der Waals surface area contributed by atoms with Crippen LogP contribution in [0.5, 0.6) is 0 Å². The number of aromatic amines is 2. The molecule has 10 nitrogen and oxygen atoms in total. The zero-order chi connectivity index (χ0) is 32.2. The molecular formula is C33H40N4O6S2+2.